The van der Waals surface area contributed by atoms with Crippen molar-refractivity contribution in [1.29, 1.82) is 0 Å². The van der Waals surface area contributed by atoms with E-state index >= 15 is 0 Å². The minimum Gasteiger partial charge on any atom is -0.468 e. The third-order valence-corrected chi connectivity index (χ3v) is 3.29. The van der Waals surface area contributed by atoms with Crippen molar-refractivity contribution in [3.63, 3.8) is 0 Å². The third-order valence-electron chi connectivity index (χ3n) is 3.29. The Hall–Kier alpha value is -2.89. The van der Waals surface area contributed by atoms with Gasteiger partial charge in [-0.2, -0.15) is 0 Å². The first-order chi connectivity index (χ1) is 10.5. The molecule has 114 valence electrons. The summed E-state index contributed by atoms with van der Waals surface area (Å²) in [5.74, 6) is -2.23. The van der Waals surface area contributed by atoms with E-state index in [9.17, 15) is 14.4 Å². The number of amides is 1. The van der Waals surface area contributed by atoms with Gasteiger partial charge >= 0.3 is 11.9 Å². The molecule has 1 saturated heterocycles. The first-order valence-electron chi connectivity index (χ1n) is 6.46. The molecule has 1 amide bonds. The fourth-order valence-electron chi connectivity index (χ4n) is 2.16. The van der Waals surface area contributed by atoms with Crippen LogP contribution in [0.25, 0.3) is 6.08 Å². The lowest BCUT2D eigenvalue weighted by Crippen LogP contribution is -2.17. The summed E-state index contributed by atoms with van der Waals surface area (Å²) in [5, 5.41) is 2.51. The van der Waals surface area contributed by atoms with Crippen molar-refractivity contribution in [3.8, 4) is 0 Å². The largest absolute Gasteiger partial charge is 0.468 e. The van der Waals surface area contributed by atoms with Crippen LogP contribution in [0.2, 0.25) is 0 Å². The predicted octanol–water partition coefficient (Wildman–Crippen LogP) is 1.29. The standard InChI is InChI=1S/C16H15NO5/c1-9-13(16(20)22-3)12(14(18)17-9)8-10-4-6-11(7-5-10)15(19)21-2/h4-8,13H,1H2,2-3H3,(H,17,18)/b12-8+/t13-/m1/s1. The van der Waals surface area contributed by atoms with Gasteiger partial charge in [0, 0.05) is 11.3 Å². The van der Waals surface area contributed by atoms with Crippen molar-refractivity contribution in [3.05, 3.63) is 53.2 Å². The molecule has 1 aromatic carbocycles. The normalized spacial score (nSPS) is 19.0. The molecule has 0 radical (unpaired) electrons. The van der Waals surface area contributed by atoms with E-state index < -0.39 is 23.8 Å². The molecular weight excluding hydrogens is 286 g/mol. The number of ether oxygens (including phenoxy) is 2. The van der Waals surface area contributed by atoms with Crippen LogP contribution in [0.1, 0.15) is 15.9 Å². The highest BCUT2D eigenvalue weighted by Crippen LogP contribution is 2.28. The van der Waals surface area contributed by atoms with Crippen LogP contribution in [-0.4, -0.2) is 32.1 Å². The zero-order valence-electron chi connectivity index (χ0n) is 12.2. The van der Waals surface area contributed by atoms with E-state index in [0.717, 1.165) is 0 Å². The Labute approximate surface area is 127 Å². The predicted molar refractivity (Wildman–Crippen MR) is 78.5 cm³/mol. The third kappa shape index (κ3) is 2.90. The summed E-state index contributed by atoms with van der Waals surface area (Å²) in [6.07, 6.45) is 1.57. The molecule has 0 spiro atoms. The van der Waals surface area contributed by atoms with Gasteiger partial charge in [0.05, 0.1) is 19.8 Å². The minimum absolute atomic E-state index is 0.252. The smallest absolute Gasteiger partial charge is 0.337 e. The van der Waals surface area contributed by atoms with Crippen LogP contribution in [0.15, 0.2) is 42.1 Å². The van der Waals surface area contributed by atoms with Crippen LogP contribution in [0.4, 0.5) is 0 Å². The number of hydrogen-bond acceptors (Lipinski definition) is 5. The highest BCUT2D eigenvalue weighted by atomic mass is 16.5. The molecule has 1 aromatic rings. The van der Waals surface area contributed by atoms with E-state index in [1.165, 1.54) is 14.2 Å². The number of esters is 2. The molecule has 0 unspecified atom stereocenters. The highest BCUT2D eigenvalue weighted by Gasteiger charge is 2.37. The van der Waals surface area contributed by atoms with Crippen molar-refractivity contribution in [1.82, 2.24) is 5.32 Å². The van der Waals surface area contributed by atoms with Crippen molar-refractivity contribution in [2.75, 3.05) is 14.2 Å². The van der Waals surface area contributed by atoms with Gasteiger partial charge in [-0.05, 0) is 23.8 Å². The first-order valence-corrected chi connectivity index (χ1v) is 6.46. The second-order valence-electron chi connectivity index (χ2n) is 4.65. The molecule has 1 fully saturated rings. The van der Waals surface area contributed by atoms with Crippen LogP contribution in [-0.2, 0) is 19.1 Å². The van der Waals surface area contributed by atoms with Crippen LogP contribution in [0, 0.1) is 5.92 Å². The molecule has 1 atom stereocenters. The van der Waals surface area contributed by atoms with Gasteiger partial charge in [0.15, 0.2) is 0 Å². The number of carbonyl (C=O) groups excluding carboxylic acids is 3. The quantitative estimate of drug-likeness (QED) is 0.672. The summed E-state index contributed by atoms with van der Waals surface area (Å²) in [4.78, 5) is 35.1. The lowest BCUT2D eigenvalue weighted by molar-refractivity contribution is -0.142. The Morgan fingerprint density at radius 2 is 1.82 bits per heavy atom. The highest BCUT2D eigenvalue weighted by molar-refractivity contribution is 6.08. The molecule has 0 aromatic heterocycles. The Bertz CT molecular complexity index is 672. The van der Waals surface area contributed by atoms with Crippen LogP contribution < -0.4 is 5.32 Å². The van der Waals surface area contributed by atoms with Crippen LogP contribution in [0.5, 0.6) is 0 Å². The van der Waals surface area contributed by atoms with Crippen molar-refractivity contribution in [2.45, 2.75) is 0 Å². The summed E-state index contributed by atoms with van der Waals surface area (Å²) >= 11 is 0. The topological polar surface area (TPSA) is 81.7 Å². The molecule has 6 heteroatoms. The van der Waals surface area contributed by atoms with Gasteiger partial charge in [-0.1, -0.05) is 18.7 Å². The van der Waals surface area contributed by atoms with E-state index in [4.69, 9.17) is 4.74 Å². The number of benzene rings is 1. The van der Waals surface area contributed by atoms with E-state index in [2.05, 4.69) is 16.6 Å². The summed E-state index contributed by atoms with van der Waals surface area (Å²) in [6, 6.07) is 6.46. The van der Waals surface area contributed by atoms with Gasteiger partial charge in [0.2, 0.25) is 0 Å². The summed E-state index contributed by atoms with van der Waals surface area (Å²) in [5.41, 5.74) is 1.60. The summed E-state index contributed by atoms with van der Waals surface area (Å²) < 4.78 is 9.30. The zero-order chi connectivity index (χ0) is 16.3. The zero-order valence-corrected chi connectivity index (χ0v) is 12.2. The van der Waals surface area contributed by atoms with Crippen molar-refractivity contribution < 1.29 is 23.9 Å². The Morgan fingerprint density at radius 3 is 2.36 bits per heavy atom. The lowest BCUT2D eigenvalue weighted by Gasteiger charge is -2.08. The molecule has 1 heterocycles. The maximum atomic E-state index is 11.9. The van der Waals surface area contributed by atoms with Crippen LogP contribution >= 0.6 is 0 Å². The van der Waals surface area contributed by atoms with Gasteiger partial charge in [-0.25, -0.2) is 4.79 Å². The molecule has 1 aliphatic rings. The fourth-order valence-corrected chi connectivity index (χ4v) is 2.16. The molecule has 0 saturated carbocycles. The van der Waals surface area contributed by atoms with Gasteiger partial charge in [0.25, 0.3) is 5.91 Å². The van der Waals surface area contributed by atoms with Crippen molar-refractivity contribution in [2.24, 2.45) is 5.92 Å². The van der Waals surface area contributed by atoms with Gasteiger partial charge in [-0.15, -0.1) is 0 Å². The number of hydrogen-bond donors (Lipinski definition) is 1. The van der Waals surface area contributed by atoms with E-state index in [1.807, 2.05) is 0 Å². The van der Waals surface area contributed by atoms with Crippen molar-refractivity contribution >= 4 is 23.9 Å². The average molecular weight is 301 g/mol. The second kappa shape index (κ2) is 6.26. The molecule has 6 nitrogen and oxygen atoms in total. The molecule has 0 aliphatic carbocycles. The number of carbonyl (C=O) groups is 3. The van der Waals surface area contributed by atoms with E-state index in [0.29, 0.717) is 11.1 Å². The SMILES string of the molecule is C=C1NC(=O)/C(=C/c2ccc(C(=O)OC)cc2)[C@@H]1C(=O)OC. The average Bonchev–Trinajstić information content (AvgIpc) is 2.80. The molecule has 1 N–H and O–H groups in total. The minimum atomic E-state index is -0.835. The Morgan fingerprint density at radius 1 is 1.18 bits per heavy atom. The molecule has 22 heavy (non-hydrogen) atoms. The number of nitrogens with one attached hydrogen (secondary N) is 1. The van der Waals surface area contributed by atoms with E-state index in [1.54, 1.807) is 30.3 Å². The lowest BCUT2D eigenvalue weighted by atomic mass is 9.97. The van der Waals surface area contributed by atoms with Crippen LogP contribution in [0.3, 0.4) is 0 Å². The molecule has 1 aliphatic heterocycles. The molecule has 0 bridgehead atoms. The monoisotopic (exact) mass is 301 g/mol. The second-order valence-corrected chi connectivity index (χ2v) is 4.65. The van der Waals surface area contributed by atoms with E-state index in [-0.39, 0.29) is 11.3 Å². The van der Waals surface area contributed by atoms with Gasteiger partial charge in [-0.3, -0.25) is 9.59 Å². The maximum absolute atomic E-state index is 11.9. The Kier molecular flexibility index (Phi) is 4.41. The summed E-state index contributed by atoms with van der Waals surface area (Å²) in [6.45, 7) is 3.66. The Balaban J connectivity index is 2.34. The fraction of sp³-hybridized carbons (Fsp3) is 0.188. The maximum Gasteiger partial charge on any atom is 0.337 e. The summed E-state index contributed by atoms with van der Waals surface area (Å²) in [7, 11) is 2.55. The number of methoxy groups -OCH3 is 2. The molecule has 2 rings (SSSR count). The molecular formula is C16H15NO5. The van der Waals surface area contributed by atoms with Gasteiger partial charge < -0.3 is 14.8 Å². The first kappa shape index (κ1) is 15.5. The number of rotatable bonds is 3. The van der Waals surface area contributed by atoms with Gasteiger partial charge in [0.1, 0.15) is 5.92 Å².